The Bertz CT molecular complexity index is 529. The largest absolute Gasteiger partial charge is 0.478 e. The zero-order valence-corrected chi connectivity index (χ0v) is 11.4. The normalized spacial score (nSPS) is 10.2. The van der Waals surface area contributed by atoms with Gasteiger partial charge in [0.25, 0.3) is 0 Å². The summed E-state index contributed by atoms with van der Waals surface area (Å²) < 4.78 is 13.1. The molecule has 0 bridgehead atoms. The lowest BCUT2D eigenvalue weighted by Crippen LogP contribution is -2.40. The molecule has 0 aliphatic rings. The summed E-state index contributed by atoms with van der Waals surface area (Å²) in [6, 6.07) is 2.64. The number of rotatable bonds is 5. The van der Waals surface area contributed by atoms with Crippen LogP contribution in [0.2, 0.25) is 0 Å². The van der Waals surface area contributed by atoms with Crippen LogP contribution in [0, 0.1) is 5.82 Å². The average molecular weight is 280 g/mol. The second kappa shape index (κ2) is 6.70. The number of carbonyl (C=O) groups is 2. The van der Waals surface area contributed by atoms with E-state index < -0.39 is 17.8 Å². The van der Waals surface area contributed by atoms with Crippen LogP contribution in [0.5, 0.6) is 0 Å². The van der Waals surface area contributed by atoms with Crippen LogP contribution >= 0.6 is 0 Å². The maximum Gasteiger partial charge on any atom is 0.337 e. The molecule has 1 aromatic rings. The van der Waals surface area contributed by atoms with Crippen molar-refractivity contribution < 1.29 is 19.1 Å². The molecule has 0 aliphatic carbocycles. The molecule has 0 fully saturated rings. The lowest BCUT2D eigenvalue weighted by molar-refractivity contribution is 0.0697. The molecule has 1 rings (SSSR count). The Morgan fingerprint density at radius 2 is 2.15 bits per heavy atom. The second-order valence-corrected chi connectivity index (χ2v) is 4.46. The summed E-state index contributed by atoms with van der Waals surface area (Å²) in [5.41, 5.74) is -0.237. The van der Waals surface area contributed by atoms with E-state index in [0.29, 0.717) is 6.54 Å². The van der Waals surface area contributed by atoms with E-state index in [9.17, 15) is 14.0 Å². The number of carboxylic acid groups (broad SMARTS) is 1. The van der Waals surface area contributed by atoms with Crippen LogP contribution in [-0.4, -0.2) is 34.6 Å². The third-order valence-electron chi connectivity index (χ3n) is 2.66. The fraction of sp³-hybridized carbons (Fsp3) is 0.286. The Labute approximate surface area is 116 Å². The van der Waals surface area contributed by atoms with Gasteiger partial charge < -0.3 is 15.3 Å². The number of hydrogen-bond acceptors (Lipinski definition) is 2. The molecule has 0 aromatic heterocycles. The quantitative estimate of drug-likeness (QED) is 0.815. The third kappa shape index (κ3) is 3.81. The van der Waals surface area contributed by atoms with Gasteiger partial charge in [-0.3, -0.25) is 0 Å². The number of hydrogen-bond donors (Lipinski definition) is 2. The highest BCUT2D eigenvalue weighted by Gasteiger charge is 2.19. The number of benzene rings is 1. The van der Waals surface area contributed by atoms with E-state index in [1.54, 1.807) is 6.08 Å². The van der Waals surface area contributed by atoms with Gasteiger partial charge in [-0.05, 0) is 32.0 Å². The van der Waals surface area contributed by atoms with Crippen molar-refractivity contribution in [3.63, 3.8) is 0 Å². The van der Waals surface area contributed by atoms with Gasteiger partial charge in [0.05, 0.1) is 11.3 Å². The van der Waals surface area contributed by atoms with Crippen LogP contribution < -0.4 is 5.32 Å². The molecule has 0 radical (unpaired) electrons. The number of nitrogens with one attached hydrogen (secondary N) is 1. The number of aromatic carboxylic acids is 1. The molecule has 108 valence electrons. The molecule has 2 N–H and O–H groups in total. The number of carboxylic acids is 1. The highest BCUT2D eigenvalue weighted by molar-refractivity contribution is 6.00. The monoisotopic (exact) mass is 280 g/mol. The van der Waals surface area contributed by atoms with Crippen LogP contribution in [0.15, 0.2) is 30.9 Å². The summed E-state index contributed by atoms with van der Waals surface area (Å²) >= 11 is 0. The van der Waals surface area contributed by atoms with Crippen molar-refractivity contribution in [2.75, 3.05) is 11.9 Å². The number of urea groups is 1. The van der Waals surface area contributed by atoms with Gasteiger partial charge in [0.15, 0.2) is 0 Å². The first-order chi connectivity index (χ1) is 9.36. The maximum absolute atomic E-state index is 13.1. The van der Waals surface area contributed by atoms with Gasteiger partial charge in [-0.25, -0.2) is 14.0 Å². The van der Waals surface area contributed by atoms with Crippen molar-refractivity contribution in [3.05, 3.63) is 42.2 Å². The van der Waals surface area contributed by atoms with Crippen LogP contribution in [-0.2, 0) is 0 Å². The Hall–Kier alpha value is -2.37. The molecule has 0 aliphatic heterocycles. The zero-order chi connectivity index (χ0) is 15.3. The van der Waals surface area contributed by atoms with E-state index in [2.05, 4.69) is 11.9 Å². The first-order valence-electron chi connectivity index (χ1n) is 6.08. The Balaban J connectivity index is 3.00. The molecule has 20 heavy (non-hydrogen) atoms. The lowest BCUT2D eigenvalue weighted by Gasteiger charge is -2.25. The topological polar surface area (TPSA) is 69.6 Å². The van der Waals surface area contributed by atoms with E-state index in [-0.39, 0.29) is 17.3 Å². The smallest absolute Gasteiger partial charge is 0.337 e. The Kier molecular flexibility index (Phi) is 5.25. The number of carbonyl (C=O) groups excluding carboxylic acids is 1. The highest BCUT2D eigenvalue weighted by atomic mass is 19.1. The van der Waals surface area contributed by atoms with Gasteiger partial charge in [-0.2, -0.15) is 0 Å². The lowest BCUT2D eigenvalue weighted by atomic mass is 10.1. The molecule has 1 aromatic carbocycles. The molecule has 0 atom stereocenters. The van der Waals surface area contributed by atoms with Crippen LogP contribution in [0.4, 0.5) is 14.9 Å². The minimum Gasteiger partial charge on any atom is -0.478 e. The molecule has 0 spiro atoms. The van der Waals surface area contributed by atoms with Crippen molar-refractivity contribution in [3.8, 4) is 0 Å². The predicted molar refractivity (Wildman–Crippen MR) is 74.4 cm³/mol. The molecule has 0 saturated heterocycles. The second-order valence-electron chi connectivity index (χ2n) is 4.46. The summed E-state index contributed by atoms with van der Waals surface area (Å²) in [5.74, 6) is -1.98. The molecule has 0 unspecified atom stereocenters. The molecular formula is C14H17FN2O3. The fourth-order valence-electron chi connectivity index (χ4n) is 1.66. The number of halogens is 1. The van der Waals surface area contributed by atoms with Gasteiger partial charge in [-0.1, -0.05) is 6.08 Å². The first-order valence-corrected chi connectivity index (χ1v) is 6.08. The molecule has 0 heterocycles. The average Bonchev–Trinajstić information content (AvgIpc) is 2.37. The van der Waals surface area contributed by atoms with E-state index >= 15 is 0 Å². The van der Waals surface area contributed by atoms with Gasteiger partial charge in [0.2, 0.25) is 0 Å². The maximum atomic E-state index is 13.1. The Morgan fingerprint density at radius 3 is 2.65 bits per heavy atom. The molecule has 0 saturated carbocycles. The minimum absolute atomic E-state index is 0.0543. The van der Waals surface area contributed by atoms with E-state index in [0.717, 1.165) is 12.1 Å². The number of amides is 2. The van der Waals surface area contributed by atoms with Gasteiger partial charge in [0.1, 0.15) is 5.82 Å². The van der Waals surface area contributed by atoms with Crippen LogP contribution in [0.1, 0.15) is 24.2 Å². The summed E-state index contributed by atoms with van der Waals surface area (Å²) in [4.78, 5) is 24.6. The van der Waals surface area contributed by atoms with Crippen LogP contribution in [0.3, 0.4) is 0 Å². The number of nitrogens with zero attached hydrogens (tertiary/aromatic N) is 1. The minimum atomic E-state index is -1.31. The van der Waals surface area contributed by atoms with Crippen molar-refractivity contribution in [2.24, 2.45) is 0 Å². The fourth-order valence-corrected chi connectivity index (χ4v) is 1.66. The van der Waals surface area contributed by atoms with Crippen molar-refractivity contribution >= 4 is 17.7 Å². The molecule has 5 nitrogen and oxygen atoms in total. The molecule has 6 heteroatoms. The van der Waals surface area contributed by atoms with Gasteiger partial charge in [-0.15, -0.1) is 6.58 Å². The van der Waals surface area contributed by atoms with Crippen molar-refractivity contribution in [1.29, 1.82) is 0 Å². The highest BCUT2D eigenvalue weighted by Crippen LogP contribution is 2.18. The third-order valence-corrected chi connectivity index (χ3v) is 2.66. The number of anilines is 1. The summed E-state index contributed by atoms with van der Waals surface area (Å²) in [5, 5.41) is 11.5. The Morgan fingerprint density at radius 1 is 1.50 bits per heavy atom. The summed E-state index contributed by atoms with van der Waals surface area (Å²) in [7, 11) is 0. The summed E-state index contributed by atoms with van der Waals surface area (Å²) in [6.07, 6.45) is 1.57. The molecule has 2 amide bonds. The van der Waals surface area contributed by atoms with E-state index in [1.165, 1.54) is 11.0 Å². The summed E-state index contributed by atoms with van der Waals surface area (Å²) in [6.45, 7) is 7.54. The van der Waals surface area contributed by atoms with E-state index in [4.69, 9.17) is 5.11 Å². The van der Waals surface area contributed by atoms with Gasteiger partial charge in [0, 0.05) is 12.6 Å². The van der Waals surface area contributed by atoms with Gasteiger partial charge >= 0.3 is 12.0 Å². The SMILES string of the molecule is C=CCN(C(=O)Nc1ccc(F)cc1C(=O)O)C(C)C. The first kappa shape index (κ1) is 15.7. The van der Waals surface area contributed by atoms with E-state index in [1.807, 2.05) is 13.8 Å². The zero-order valence-electron chi connectivity index (χ0n) is 11.4. The molecular weight excluding hydrogens is 263 g/mol. The van der Waals surface area contributed by atoms with Crippen molar-refractivity contribution in [2.45, 2.75) is 19.9 Å². The standard InChI is InChI=1S/C14H17FN2O3/c1-4-7-17(9(2)3)14(20)16-12-6-5-10(15)8-11(12)13(18)19/h4-6,8-9H,1,7H2,2-3H3,(H,16,20)(H,18,19). The van der Waals surface area contributed by atoms with Crippen molar-refractivity contribution in [1.82, 2.24) is 4.90 Å². The predicted octanol–water partition coefficient (Wildman–Crippen LogP) is 2.95. The van der Waals surface area contributed by atoms with Crippen LogP contribution in [0.25, 0.3) is 0 Å².